The van der Waals surface area contributed by atoms with Gasteiger partial charge in [-0.25, -0.2) is 0 Å². The Labute approximate surface area is 78.9 Å². The van der Waals surface area contributed by atoms with Crippen molar-refractivity contribution in [3.8, 4) is 0 Å². The lowest BCUT2D eigenvalue weighted by Crippen LogP contribution is -2.25. The van der Waals surface area contributed by atoms with Crippen molar-refractivity contribution < 1.29 is 0 Å². The summed E-state index contributed by atoms with van der Waals surface area (Å²) in [5.74, 6) is 0.726. The number of aryl methyl sites for hydroxylation is 1. The minimum atomic E-state index is 0.440. The molecule has 3 heteroatoms. The summed E-state index contributed by atoms with van der Waals surface area (Å²) in [6.45, 7) is 1.02. The molecule has 13 heavy (non-hydrogen) atoms. The van der Waals surface area contributed by atoms with Gasteiger partial charge in [-0.2, -0.15) is 5.10 Å². The van der Waals surface area contributed by atoms with Gasteiger partial charge in [-0.05, 0) is 31.2 Å². The van der Waals surface area contributed by atoms with Crippen molar-refractivity contribution in [2.24, 2.45) is 11.7 Å². The largest absolute Gasteiger partial charge is 0.327 e. The average Bonchev–Trinajstić information content (AvgIpc) is 2.72. The summed E-state index contributed by atoms with van der Waals surface area (Å²) in [7, 11) is 0. The fourth-order valence-electron chi connectivity index (χ4n) is 2.15. The number of rotatable bonds is 3. The summed E-state index contributed by atoms with van der Waals surface area (Å²) in [6.07, 6.45) is 8.86. The molecular weight excluding hydrogens is 162 g/mol. The van der Waals surface area contributed by atoms with Gasteiger partial charge in [0.1, 0.15) is 0 Å². The molecule has 1 fully saturated rings. The zero-order valence-corrected chi connectivity index (χ0v) is 7.89. The Kier molecular flexibility index (Phi) is 2.64. The van der Waals surface area contributed by atoms with Crippen LogP contribution in [0.1, 0.15) is 25.7 Å². The number of nitrogens with zero attached hydrogens (tertiary/aromatic N) is 2. The van der Waals surface area contributed by atoms with E-state index in [-0.39, 0.29) is 0 Å². The van der Waals surface area contributed by atoms with E-state index < -0.39 is 0 Å². The minimum Gasteiger partial charge on any atom is -0.327 e. The number of nitrogens with two attached hydrogens (primary N) is 1. The Hall–Kier alpha value is -0.830. The van der Waals surface area contributed by atoms with Gasteiger partial charge < -0.3 is 5.73 Å². The smallest absolute Gasteiger partial charge is 0.0489 e. The average molecular weight is 179 g/mol. The third-order valence-electron chi connectivity index (χ3n) is 3.01. The molecule has 0 bridgehead atoms. The molecule has 1 saturated carbocycles. The molecule has 0 spiro atoms. The van der Waals surface area contributed by atoms with E-state index in [1.807, 2.05) is 23.1 Å². The molecule has 1 aliphatic rings. The first-order valence-corrected chi connectivity index (χ1v) is 5.09. The summed E-state index contributed by atoms with van der Waals surface area (Å²) in [6, 6.07) is 2.41. The van der Waals surface area contributed by atoms with E-state index in [1.54, 1.807) is 0 Å². The standard InChI is InChI=1S/C10H17N3/c11-10-4-1-3-9(10)5-8-13-7-2-6-12-13/h2,6-7,9-10H,1,3-5,8,11H2. The predicted octanol–water partition coefficient (Wildman–Crippen LogP) is 1.40. The first kappa shape index (κ1) is 8.75. The lowest BCUT2D eigenvalue weighted by atomic mass is 10.0. The number of hydrogen-bond donors (Lipinski definition) is 1. The summed E-state index contributed by atoms with van der Waals surface area (Å²) >= 11 is 0. The van der Waals surface area contributed by atoms with Crippen LogP contribution >= 0.6 is 0 Å². The monoisotopic (exact) mass is 179 g/mol. The molecule has 0 aromatic carbocycles. The molecule has 2 N–H and O–H groups in total. The Morgan fingerprint density at radius 1 is 1.46 bits per heavy atom. The summed E-state index contributed by atoms with van der Waals surface area (Å²) in [5, 5.41) is 4.18. The SMILES string of the molecule is NC1CCCC1CCn1cccn1. The van der Waals surface area contributed by atoms with E-state index >= 15 is 0 Å². The molecule has 2 atom stereocenters. The maximum Gasteiger partial charge on any atom is 0.0489 e. The van der Waals surface area contributed by atoms with Crippen molar-refractivity contribution in [1.29, 1.82) is 0 Å². The van der Waals surface area contributed by atoms with Gasteiger partial charge in [0.2, 0.25) is 0 Å². The second kappa shape index (κ2) is 3.92. The van der Waals surface area contributed by atoms with Crippen molar-refractivity contribution in [2.45, 2.75) is 38.3 Å². The maximum atomic E-state index is 5.99. The van der Waals surface area contributed by atoms with Gasteiger partial charge in [0.25, 0.3) is 0 Å². The first-order chi connectivity index (χ1) is 6.36. The lowest BCUT2D eigenvalue weighted by Gasteiger charge is -2.14. The van der Waals surface area contributed by atoms with Crippen LogP contribution in [0.25, 0.3) is 0 Å². The maximum absolute atomic E-state index is 5.99. The summed E-state index contributed by atoms with van der Waals surface area (Å²) < 4.78 is 1.99. The van der Waals surface area contributed by atoms with Gasteiger partial charge in [-0.1, -0.05) is 6.42 Å². The van der Waals surface area contributed by atoms with E-state index in [9.17, 15) is 0 Å². The minimum absolute atomic E-state index is 0.440. The summed E-state index contributed by atoms with van der Waals surface area (Å²) in [5.41, 5.74) is 5.99. The van der Waals surface area contributed by atoms with Gasteiger partial charge in [0.05, 0.1) is 0 Å². The van der Waals surface area contributed by atoms with Crippen molar-refractivity contribution in [2.75, 3.05) is 0 Å². The molecule has 3 nitrogen and oxygen atoms in total. The molecule has 0 saturated heterocycles. The van der Waals surface area contributed by atoms with Gasteiger partial charge in [-0.3, -0.25) is 4.68 Å². The molecule has 1 aliphatic carbocycles. The third kappa shape index (κ3) is 2.10. The van der Waals surface area contributed by atoms with Crippen LogP contribution in [0.5, 0.6) is 0 Å². The Balaban J connectivity index is 1.79. The molecule has 2 unspecified atom stereocenters. The Morgan fingerprint density at radius 3 is 3.00 bits per heavy atom. The van der Waals surface area contributed by atoms with E-state index in [2.05, 4.69) is 5.10 Å². The van der Waals surface area contributed by atoms with Gasteiger partial charge in [0.15, 0.2) is 0 Å². The van der Waals surface area contributed by atoms with E-state index in [1.165, 1.54) is 25.7 Å². The molecule has 0 amide bonds. The van der Waals surface area contributed by atoms with Crippen LogP contribution in [0.2, 0.25) is 0 Å². The summed E-state index contributed by atoms with van der Waals surface area (Å²) in [4.78, 5) is 0. The topological polar surface area (TPSA) is 43.8 Å². The second-order valence-electron chi connectivity index (χ2n) is 3.91. The van der Waals surface area contributed by atoms with E-state index in [0.717, 1.165) is 12.5 Å². The van der Waals surface area contributed by atoms with Crippen molar-refractivity contribution >= 4 is 0 Å². The van der Waals surface area contributed by atoms with Crippen LogP contribution in [0.4, 0.5) is 0 Å². The molecule has 1 aromatic rings. The van der Waals surface area contributed by atoms with Crippen LogP contribution < -0.4 is 5.73 Å². The lowest BCUT2D eigenvalue weighted by molar-refractivity contribution is 0.403. The highest BCUT2D eigenvalue weighted by molar-refractivity contribution is 4.82. The Bertz CT molecular complexity index is 243. The third-order valence-corrected chi connectivity index (χ3v) is 3.01. The van der Waals surface area contributed by atoms with Crippen LogP contribution in [0, 0.1) is 5.92 Å². The molecule has 1 aromatic heterocycles. The highest BCUT2D eigenvalue weighted by atomic mass is 15.3. The number of hydrogen-bond acceptors (Lipinski definition) is 2. The molecular formula is C10H17N3. The van der Waals surface area contributed by atoms with E-state index in [4.69, 9.17) is 5.73 Å². The zero-order chi connectivity index (χ0) is 9.10. The Morgan fingerprint density at radius 2 is 2.38 bits per heavy atom. The first-order valence-electron chi connectivity index (χ1n) is 5.09. The molecule has 1 heterocycles. The number of aromatic nitrogens is 2. The van der Waals surface area contributed by atoms with Gasteiger partial charge in [0, 0.05) is 25.0 Å². The zero-order valence-electron chi connectivity index (χ0n) is 7.89. The van der Waals surface area contributed by atoms with Crippen molar-refractivity contribution in [3.05, 3.63) is 18.5 Å². The van der Waals surface area contributed by atoms with Gasteiger partial charge in [-0.15, -0.1) is 0 Å². The highest BCUT2D eigenvalue weighted by Gasteiger charge is 2.23. The van der Waals surface area contributed by atoms with Crippen molar-refractivity contribution in [3.63, 3.8) is 0 Å². The fraction of sp³-hybridized carbons (Fsp3) is 0.700. The van der Waals surface area contributed by atoms with Crippen LogP contribution in [0.3, 0.4) is 0 Å². The normalized spacial score (nSPS) is 28.1. The van der Waals surface area contributed by atoms with Crippen LogP contribution in [0.15, 0.2) is 18.5 Å². The predicted molar refractivity (Wildman–Crippen MR) is 52.2 cm³/mol. The van der Waals surface area contributed by atoms with Crippen LogP contribution in [-0.4, -0.2) is 15.8 Å². The fourth-order valence-corrected chi connectivity index (χ4v) is 2.15. The van der Waals surface area contributed by atoms with Crippen LogP contribution in [-0.2, 0) is 6.54 Å². The quantitative estimate of drug-likeness (QED) is 0.762. The van der Waals surface area contributed by atoms with Crippen molar-refractivity contribution in [1.82, 2.24) is 9.78 Å². The van der Waals surface area contributed by atoms with E-state index in [0.29, 0.717) is 6.04 Å². The highest BCUT2D eigenvalue weighted by Crippen LogP contribution is 2.26. The molecule has 0 radical (unpaired) electrons. The molecule has 2 rings (SSSR count). The second-order valence-corrected chi connectivity index (χ2v) is 3.91. The molecule has 0 aliphatic heterocycles. The van der Waals surface area contributed by atoms with Gasteiger partial charge >= 0.3 is 0 Å². The molecule has 72 valence electrons.